The summed E-state index contributed by atoms with van der Waals surface area (Å²) >= 11 is 0. The van der Waals surface area contributed by atoms with Crippen molar-refractivity contribution in [1.29, 1.82) is 0 Å². The highest BCUT2D eigenvalue weighted by atomic mass is 16.4. The largest absolute Gasteiger partial charge is 0.481 e. The summed E-state index contributed by atoms with van der Waals surface area (Å²) in [5.41, 5.74) is 2.64. The molecule has 120 valence electrons. The van der Waals surface area contributed by atoms with E-state index in [1.165, 1.54) is 4.57 Å². The molecule has 0 radical (unpaired) electrons. The highest BCUT2D eigenvalue weighted by molar-refractivity contribution is 5.99. The van der Waals surface area contributed by atoms with Crippen molar-refractivity contribution >= 4 is 34.9 Å². The average molecular weight is 320 g/mol. The summed E-state index contributed by atoms with van der Waals surface area (Å²) < 4.78 is 1.53. The summed E-state index contributed by atoms with van der Waals surface area (Å²) in [7, 11) is 0. The maximum absolute atomic E-state index is 12.3. The number of carbonyl (C=O) groups is 2. The second-order valence-electron chi connectivity index (χ2n) is 5.38. The molecule has 2 heterocycles. The summed E-state index contributed by atoms with van der Waals surface area (Å²) in [5, 5.41) is 9.71. The summed E-state index contributed by atoms with van der Waals surface area (Å²) in [6, 6.07) is 11.4. The number of fused-ring (bicyclic) bond motifs is 1. The van der Waals surface area contributed by atoms with Gasteiger partial charge >= 0.3 is 5.97 Å². The smallest absolute Gasteiger partial charge is 0.303 e. The van der Waals surface area contributed by atoms with Gasteiger partial charge in [0.15, 0.2) is 0 Å². The molecule has 0 aliphatic rings. The highest BCUT2D eigenvalue weighted by Crippen LogP contribution is 2.23. The maximum Gasteiger partial charge on any atom is 0.303 e. The summed E-state index contributed by atoms with van der Waals surface area (Å²) in [5.74, 6) is -1.20. The normalized spacial score (nSPS) is 11.2. The van der Waals surface area contributed by atoms with Gasteiger partial charge in [0.2, 0.25) is 5.91 Å². The molecule has 0 bridgehead atoms. The van der Waals surface area contributed by atoms with E-state index >= 15 is 0 Å². The molecule has 0 spiro atoms. The monoisotopic (exact) mass is 320 g/mol. The van der Waals surface area contributed by atoms with E-state index in [0.29, 0.717) is 0 Å². The predicted molar refractivity (Wildman–Crippen MR) is 92.6 cm³/mol. The van der Waals surface area contributed by atoms with Crippen LogP contribution in [0.3, 0.4) is 0 Å². The number of nitrogens with zero attached hydrogens (tertiary/aromatic N) is 2. The van der Waals surface area contributed by atoms with Crippen molar-refractivity contribution in [3.05, 3.63) is 66.1 Å². The predicted octanol–water partition coefficient (Wildman–Crippen LogP) is 3.71. The quantitative estimate of drug-likeness (QED) is 0.778. The zero-order chi connectivity index (χ0) is 16.9. The lowest BCUT2D eigenvalue weighted by atomic mass is 10.1. The molecule has 0 unspecified atom stereocenters. The number of para-hydroxylation sites is 1. The van der Waals surface area contributed by atoms with Gasteiger partial charge in [-0.05, 0) is 17.7 Å². The van der Waals surface area contributed by atoms with Gasteiger partial charge in [-0.1, -0.05) is 36.4 Å². The molecule has 0 atom stereocenters. The molecule has 3 rings (SSSR count). The van der Waals surface area contributed by atoms with Gasteiger partial charge < -0.3 is 5.11 Å². The molecule has 0 aliphatic heterocycles. The van der Waals surface area contributed by atoms with Crippen molar-refractivity contribution in [2.75, 3.05) is 0 Å². The molecule has 24 heavy (non-hydrogen) atoms. The SMILES string of the molecule is O=C(O)CCC(=O)n1cc(/C=C/c2cccnc2)c2ccccc21. The Balaban J connectivity index is 1.96. The Bertz CT molecular complexity index is 911. The second-order valence-corrected chi connectivity index (χ2v) is 5.38. The van der Waals surface area contributed by atoms with Gasteiger partial charge in [0, 0.05) is 36.0 Å². The Kier molecular flexibility index (Phi) is 4.52. The summed E-state index contributed by atoms with van der Waals surface area (Å²) in [4.78, 5) is 27.1. The van der Waals surface area contributed by atoms with Gasteiger partial charge in [-0.3, -0.25) is 19.1 Å². The van der Waals surface area contributed by atoms with Crippen molar-refractivity contribution in [3.8, 4) is 0 Å². The van der Waals surface area contributed by atoms with Crippen molar-refractivity contribution in [2.45, 2.75) is 12.8 Å². The van der Waals surface area contributed by atoms with Crippen LogP contribution in [0.15, 0.2) is 55.0 Å². The molecule has 0 aliphatic carbocycles. The number of carbonyl (C=O) groups excluding carboxylic acids is 1. The fourth-order valence-electron chi connectivity index (χ4n) is 2.54. The van der Waals surface area contributed by atoms with Gasteiger partial charge in [0.1, 0.15) is 0 Å². The molecule has 3 aromatic rings. The molecule has 1 N–H and O–H groups in total. The van der Waals surface area contributed by atoms with Crippen LogP contribution in [0.25, 0.3) is 23.1 Å². The minimum atomic E-state index is -0.975. The Morgan fingerprint density at radius 1 is 1.08 bits per heavy atom. The molecule has 0 saturated carbocycles. The van der Waals surface area contributed by atoms with E-state index in [9.17, 15) is 9.59 Å². The molecule has 2 aromatic heterocycles. The van der Waals surface area contributed by atoms with Crippen LogP contribution < -0.4 is 0 Å². The van der Waals surface area contributed by atoms with Crippen molar-refractivity contribution in [3.63, 3.8) is 0 Å². The van der Waals surface area contributed by atoms with Crippen LogP contribution in [0.1, 0.15) is 28.8 Å². The van der Waals surface area contributed by atoms with E-state index in [1.807, 2.05) is 48.6 Å². The molecular formula is C19H16N2O3. The average Bonchev–Trinajstić information content (AvgIpc) is 2.98. The Hall–Kier alpha value is -3.21. The summed E-state index contributed by atoms with van der Waals surface area (Å²) in [6.45, 7) is 0. The number of hydrogen-bond acceptors (Lipinski definition) is 3. The molecule has 0 fully saturated rings. The first-order valence-corrected chi connectivity index (χ1v) is 7.58. The number of hydrogen-bond donors (Lipinski definition) is 1. The summed E-state index contributed by atoms with van der Waals surface area (Å²) in [6.07, 6.45) is 8.88. The van der Waals surface area contributed by atoms with Crippen LogP contribution in [0, 0.1) is 0 Å². The molecule has 0 amide bonds. The number of aromatic nitrogens is 2. The minimum Gasteiger partial charge on any atom is -0.481 e. The number of aliphatic carboxylic acids is 1. The molecule has 5 nitrogen and oxygen atoms in total. The van der Waals surface area contributed by atoms with Gasteiger partial charge in [0.05, 0.1) is 11.9 Å². The van der Waals surface area contributed by atoms with Gasteiger partial charge in [-0.2, -0.15) is 0 Å². The lowest BCUT2D eigenvalue weighted by Gasteiger charge is -2.02. The van der Waals surface area contributed by atoms with E-state index in [1.54, 1.807) is 18.6 Å². The second kappa shape index (κ2) is 6.91. The third kappa shape index (κ3) is 3.41. The maximum atomic E-state index is 12.3. The zero-order valence-electron chi connectivity index (χ0n) is 12.9. The van der Waals surface area contributed by atoms with E-state index < -0.39 is 5.97 Å². The molecule has 0 saturated heterocycles. The lowest BCUT2D eigenvalue weighted by molar-refractivity contribution is -0.136. The van der Waals surface area contributed by atoms with Gasteiger partial charge in [0.25, 0.3) is 0 Å². The van der Waals surface area contributed by atoms with E-state index in [0.717, 1.165) is 22.0 Å². The zero-order valence-corrected chi connectivity index (χ0v) is 12.9. The third-order valence-electron chi connectivity index (χ3n) is 3.70. The van der Waals surface area contributed by atoms with E-state index in [2.05, 4.69) is 4.98 Å². The fraction of sp³-hybridized carbons (Fsp3) is 0.105. The van der Waals surface area contributed by atoms with Crippen molar-refractivity contribution in [1.82, 2.24) is 9.55 Å². The van der Waals surface area contributed by atoms with Crippen LogP contribution in [0.4, 0.5) is 0 Å². The van der Waals surface area contributed by atoms with Crippen LogP contribution in [-0.2, 0) is 4.79 Å². The van der Waals surface area contributed by atoms with E-state index in [-0.39, 0.29) is 18.7 Å². The van der Waals surface area contributed by atoms with E-state index in [4.69, 9.17) is 5.11 Å². The number of pyridine rings is 1. The highest BCUT2D eigenvalue weighted by Gasteiger charge is 2.13. The standard InChI is InChI=1S/C19H16N2O3/c22-18(9-10-19(23)24)21-13-15(16-5-1-2-6-17(16)21)8-7-14-4-3-11-20-12-14/h1-8,11-13H,9-10H2,(H,23,24)/b8-7+. The number of rotatable bonds is 5. The Labute approximate surface area is 138 Å². The number of carboxylic acids is 1. The minimum absolute atomic E-state index is 0.0280. The Morgan fingerprint density at radius 3 is 2.67 bits per heavy atom. The topological polar surface area (TPSA) is 72.2 Å². The van der Waals surface area contributed by atoms with Crippen molar-refractivity contribution in [2.24, 2.45) is 0 Å². The van der Waals surface area contributed by atoms with Gasteiger partial charge in [-0.25, -0.2) is 0 Å². The lowest BCUT2D eigenvalue weighted by Crippen LogP contribution is -2.11. The first kappa shape index (κ1) is 15.7. The van der Waals surface area contributed by atoms with Crippen LogP contribution >= 0.6 is 0 Å². The number of carboxylic acid groups (broad SMARTS) is 1. The van der Waals surface area contributed by atoms with Crippen LogP contribution in [-0.4, -0.2) is 26.5 Å². The fourth-order valence-corrected chi connectivity index (χ4v) is 2.54. The third-order valence-corrected chi connectivity index (χ3v) is 3.70. The molecular weight excluding hydrogens is 304 g/mol. The van der Waals surface area contributed by atoms with Crippen LogP contribution in [0.2, 0.25) is 0 Å². The number of benzene rings is 1. The molecule has 5 heteroatoms. The van der Waals surface area contributed by atoms with Crippen molar-refractivity contribution < 1.29 is 14.7 Å². The first-order valence-electron chi connectivity index (χ1n) is 7.58. The first-order chi connectivity index (χ1) is 11.6. The van der Waals surface area contributed by atoms with Gasteiger partial charge in [-0.15, -0.1) is 0 Å². The van der Waals surface area contributed by atoms with Crippen LogP contribution in [0.5, 0.6) is 0 Å². The Morgan fingerprint density at radius 2 is 1.92 bits per heavy atom. The molecule has 1 aromatic carbocycles.